The summed E-state index contributed by atoms with van der Waals surface area (Å²) in [5.74, 6) is 0.331. The SMILES string of the molecule is Cc1cc(N)nc(C)c1CNC(=O)c1ccnc(Cn2ccc3cc(Cl)ccc32)c1. The number of nitrogens with one attached hydrogen (secondary N) is 1. The molecule has 4 rings (SSSR count). The van der Waals surface area contributed by atoms with Gasteiger partial charge in [0.1, 0.15) is 5.82 Å². The first-order valence-corrected chi connectivity index (χ1v) is 9.98. The summed E-state index contributed by atoms with van der Waals surface area (Å²) in [5, 5.41) is 4.75. The zero-order valence-corrected chi connectivity index (χ0v) is 17.6. The van der Waals surface area contributed by atoms with Gasteiger partial charge in [-0.05, 0) is 67.4 Å². The minimum atomic E-state index is -0.154. The highest BCUT2D eigenvalue weighted by atomic mass is 35.5. The highest BCUT2D eigenvalue weighted by Crippen LogP contribution is 2.21. The van der Waals surface area contributed by atoms with E-state index in [2.05, 4.69) is 19.9 Å². The van der Waals surface area contributed by atoms with Crippen molar-refractivity contribution in [3.05, 3.63) is 88.0 Å². The van der Waals surface area contributed by atoms with Gasteiger partial charge in [-0.1, -0.05) is 11.6 Å². The van der Waals surface area contributed by atoms with E-state index < -0.39 is 0 Å². The molecule has 3 heterocycles. The number of carbonyl (C=O) groups is 1. The van der Waals surface area contributed by atoms with Crippen molar-refractivity contribution in [2.45, 2.75) is 26.9 Å². The summed E-state index contributed by atoms with van der Waals surface area (Å²) in [6.07, 6.45) is 3.66. The number of benzene rings is 1. The van der Waals surface area contributed by atoms with Gasteiger partial charge in [0, 0.05) is 46.1 Å². The zero-order chi connectivity index (χ0) is 21.3. The van der Waals surface area contributed by atoms with Gasteiger partial charge in [0.15, 0.2) is 0 Å². The van der Waals surface area contributed by atoms with Gasteiger partial charge in [0.2, 0.25) is 0 Å². The summed E-state index contributed by atoms with van der Waals surface area (Å²) >= 11 is 6.07. The van der Waals surface area contributed by atoms with Crippen LogP contribution in [0, 0.1) is 13.8 Å². The molecule has 1 amide bonds. The number of hydrogen-bond donors (Lipinski definition) is 2. The molecule has 0 spiro atoms. The largest absolute Gasteiger partial charge is 0.384 e. The topological polar surface area (TPSA) is 85.8 Å². The van der Waals surface area contributed by atoms with Crippen LogP contribution >= 0.6 is 11.6 Å². The van der Waals surface area contributed by atoms with E-state index in [0.29, 0.717) is 29.5 Å². The smallest absolute Gasteiger partial charge is 0.251 e. The summed E-state index contributed by atoms with van der Waals surface area (Å²) in [7, 11) is 0. The second kappa shape index (κ2) is 8.16. The van der Waals surface area contributed by atoms with Crippen molar-refractivity contribution in [1.29, 1.82) is 0 Å². The lowest BCUT2D eigenvalue weighted by molar-refractivity contribution is 0.0950. The molecule has 1 aromatic carbocycles. The Morgan fingerprint density at radius 2 is 2.00 bits per heavy atom. The van der Waals surface area contributed by atoms with E-state index in [-0.39, 0.29) is 5.91 Å². The predicted molar refractivity (Wildman–Crippen MR) is 120 cm³/mol. The average molecular weight is 420 g/mol. The molecule has 3 N–H and O–H groups in total. The van der Waals surface area contributed by atoms with Crippen LogP contribution in [-0.4, -0.2) is 20.4 Å². The second-order valence-electron chi connectivity index (χ2n) is 7.29. The molecule has 0 aliphatic heterocycles. The Bertz CT molecular complexity index is 1220. The van der Waals surface area contributed by atoms with Crippen LogP contribution in [0.4, 0.5) is 5.82 Å². The Balaban J connectivity index is 1.49. The normalized spacial score (nSPS) is 11.0. The molecule has 0 saturated heterocycles. The summed E-state index contributed by atoms with van der Waals surface area (Å²) in [6.45, 7) is 4.81. The minimum Gasteiger partial charge on any atom is -0.384 e. The number of halogens is 1. The number of pyridine rings is 2. The molecule has 0 radical (unpaired) electrons. The first kappa shape index (κ1) is 19.9. The number of carbonyl (C=O) groups excluding carboxylic acids is 1. The number of aryl methyl sites for hydroxylation is 2. The summed E-state index contributed by atoms with van der Waals surface area (Å²) in [5.41, 5.74) is 11.0. The highest BCUT2D eigenvalue weighted by molar-refractivity contribution is 6.31. The van der Waals surface area contributed by atoms with Crippen molar-refractivity contribution < 1.29 is 4.79 Å². The molecular weight excluding hydrogens is 398 g/mol. The maximum Gasteiger partial charge on any atom is 0.251 e. The van der Waals surface area contributed by atoms with E-state index in [1.807, 2.05) is 56.4 Å². The van der Waals surface area contributed by atoms with Crippen LogP contribution in [-0.2, 0) is 13.1 Å². The number of aromatic nitrogens is 3. The fraction of sp³-hybridized carbons (Fsp3) is 0.174. The van der Waals surface area contributed by atoms with Crippen LogP contribution in [0.5, 0.6) is 0 Å². The molecular formula is C23H22ClN5O. The standard InChI is InChI=1S/C23H22ClN5O/c1-14-9-22(25)28-15(2)20(14)12-27-23(30)17-5-7-26-19(11-17)13-29-8-6-16-10-18(24)3-4-21(16)29/h3-11H,12-13H2,1-2H3,(H2,25,28)(H,27,30). The molecule has 0 aliphatic rings. The average Bonchev–Trinajstić information content (AvgIpc) is 3.09. The Morgan fingerprint density at radius 3 is 2.80 bits per heavy atom. The lowest BCUT2D eigenvalue weighted by Gasteiger charge is -2.12. The maximum absolute atomic E-state index is 12.7. The van der Waals surface area contributed by atoms with Gasteiger partial charge >= 0.3 is 0 Å². The zero-order valence-electron chi connectivity index (χ0n) is 16.8. The first-order chi connectivity index (χ1) is 14.4. The van der Waals surface area contributed by atoms with Crippen LogP contribution in [0.3, 0.4) is 0 Å². The van der Waals surface area contributed by atoms with Crippen LogP contribution in [0.15, 0.2) is 54.9 Å². The number of fused-ring (bicyclic) bond motifs is 1. The molecule has 152 valence electrons. The highest BCUT2D eigenvalue weighted by Gasteiger charge is 2.11. The molecule has 0 saturated carbocycles. The van der Waals surface area contributed by atoms with E-state index in [9.17, 15) is 4.79 Å². The van der Waals surface area contributed by atoms with Crippen molar-refractivity contribution >= 4 is 34.2 Å². The van der Waals surface area contributed by atoms with Crippen LogP contribution in [0.2, 0.25) is 5.02 Å². The van der Waals surface area contributed by atoms with Crippen molar-refractivity contribution in [1.82, 2.24) is 19.9 Å². The van der Waals surface area contributed by atoms with Gasteiger partial charge in [-0.15, -0.1) is 0 Å². The Hall–Kier alpha value is -3.38. The van der Waals surface area contributed by atoms with Crippen molar-refractivity contribution in [2.24, 2.45) is 0 Å². The van der Waals surface area contributed by atoms with Crippen molar-refractivity contribution in [3.63, 3.8) is 0 Å². The third-order valence-electron chi connectivity index (χ3n) is 5.14. The molecule has 0 unspecified atom stereocenters. The molecule has 0 aliphatic carbocycles. The van der Waals surface area contributed by atoms with Gasteiger partial charge in [0.25, 0.3) is 5.91 Å². The van der Waals surface area contributed by atoms with E-state index >= 15 is 0 Å². The summed E-state index contributed by atoms with van der Waals surface area (Å²) in [6, 6.07) is 13.1. The Labute approximate surface area is 179 Å². The number of hydrogen-bond acceptors (Lipinski definition) is 4. The number of nitrogens with two attached hydrogens (primary N) is 1. The van der Waals surface area contributed by atoms with Crippen LogP contribution in [0.1, 0.15) is 32.9 Å². The molecule has 30 heavy (non-hydrogen) atoms. The van der Waals surface area contributed by atoms with Crippen molar-refractivity contribution in [3.8, 4) is 0 Å². The first-order valence-electron chi connectivity index (χ1n) is 9.61. The third-order valence-corrected chi connectivity index (χ3v) is 5.38. The van der Waals surface area contributed by atoms with Gasteiger partial charge in [-0.25, -0.2) is 4.98 Å². The molecule has 7 heteroatoms. The Morgan fingerprint density at radius 1 is 1.17 bits per heavy atom. The molecule has 0 atom stereocenters. The summed E-state index contributed by atoms with van der Waals surface area (Å²) < 4.78 is 2.09. The van der Waals surface area contributed by atoms with Crippen LogP contribution < -0.4 is 11.1 Å². The number of nitrogens with zero attached hydrogens (tertiary/aromatic N) is 3. The van der Waals surface area contributed by atoms with E-state index in [0.717, 1.165) is 33.4 Å². The van der Waals surface area contributed by atoms with Gasteiger partial charge < -0.3 is 15.6 Å². The van der Waals surface area contributed by atoms with Gasteiger partial charge in [-0.2, -0.15) is 0 Å². The maximum atomic E-state index is 12.7. The van der Waals surface area contributed by atoms with E-state index in [1.165, 1.54) is 0 Å². The monoisotopic (exact) mass is 419 g/mol. The Kier molecular flexibility index (Phi) is 5.42. The fourth-order valence-electron chi connectivity index (χ4n) is 3.62. The van der Waals surface area contributed by atoms with Crippen LogP contribution in [0.25, 0.3) is 10.9 Å². The molecule has 0 fully saturated rings. The van der Waals surface area contributed by atoms with Crippen molar-refractivity contribution in [2.75, 3.05) is 5.73 Å². The lowest BCUT2D eigenvalue weighted by atomic mass is 10.1. The number of rotatable bonds is 5. The van der Waals surface area contributed by atoms with Gasteiger partial charge in [-0.3, -0.25) is 9.78 Å². The van der Waals surface area contributed by atoms with E-state index in [1.54, 1.807) is 12.3 Å². The van der Waals surface area contributed by atoms with Gasteiger partial charge in [0.05, 0.1) is 12.2 Å². The quantitative estimate of drug-likeness (QED) is 0.506. The third kappa shape index (κ3) is 4.14. The lowest BCUT2D eigenvalue weighted by Crippen LogP contribution is -2.24. The number of nitrogen functional groups attached to an aromatic ring is 1. The minimum absolute atomic E-state index is 0.154. The number of amides is 1. The number of anilines is 1. The molecule has 6 nitrogen and oxygen atoms in total. The second-order valence-corrected chi connectivity index (χ2v) is 7.73. The summed E-state index contributed by atoms with van der Waals surface area (Å²) in [4.78, 5) is 21.4. The molecule has 4 aromatic rings. The van der Waals surface area contributed by atoms with E-state index in [4.69, 9.17) is 17.3 Å². The molecule has 3 aromatic heterocycles. The molecule has 0 bridgehead atoms. The fourth-order valence-corrected chi connectivity index (χ4v) is 3.80. The predicted octanol–water partition coefficient (Wildman–Crippen LogP) is 4.26.